The minimum Gasteiger partial charge on any atom is -0.480 e. The van der Waals surface area contributed by atoms with Crippen molar-refractivity contribution in [1.82, 2.24) is 16.0 Å². The number of hydrogen-bond donors (Lipinski definition) is 4. The number of carboxylic acids is 1. The molecule has 0 bridgehead atoms. The summed E-state index contributed by atoms with van der Waals surface area (Å²) < 4.78 is 15.8. The molecule has 2 atom stereocenters. The molecule has 12 nitrogen and oxygen atoms in total. The smallest absolute Gasteiger partial charge is 0.407 e. The first-order valence-electron chi connectivity index (χ1n) is 16.4. The normalized spacial score (nSPS) is 11.8. The number of hydrogen-bond acceptors (Lipinski definition) is 8. The fraction of sp³-hybridized carbons (Fsp3) is 0.378. The minimum atomic E-state index is -1.20. The second kappa shape index (κ2) is 22.2. The molecule has 3 aromatic rings. The first-order chi connectivity index (χ1) is 23.8. The van der Waals surface area contributed by atoms with Crippen LogP contribution in [0.5, 0.6) is 0 Å². The number of unbranched alkanes of at least 4 members (excludes halogenated alkanes) is 2. The van der Waals surface area contributed by atoms with Crippen LogP contribution in [0, 0.1) is 5.92 Å². The monoisotopic (exact) mass is 675 g/mol. The maximum atomic E-state index is 13.3. The van der Waals surface area contributed by atoms with Crippen LogP contribution in [0.2, 0.25) is 0 Å². The Morgan fingerprint density at radius 2 is 1.00 bits per heavy atom. The molecule has 0 fully saturated rings. The van der Waals surface area contributed by atoms with Crippen LogP contribution in [-0.2, 0) is 48.4 Å². The molecule has 4 N–H and O–H groups in total. The number of aliphatic carboxylic acids is 1. The van der Waals surface area contributed by atoms with Crippen LogP contribution < -0.4 is 16.0 Å². The maximum absolute atomic E-state index is 13.3. The van der Waals surface area contributed by atoms with E-state index in [9.17, 15) is 29.1 Å². The van der Waals surface area contributed by atoms with Gasteiger partial charge in [0, 0.05) is 19.0 Å². The molecule has 0 aliphatic carbocycles. The Hall–Kier alpha value is -5.39. The van der Waals surface area contributed by atoms with Gasteiger partial charge in [0.1, 0.15) is 25.9 Å². The van der Waals surface area contributed by atoms with Crippen molar-refractivity contribution < 1.29 is 43.3 Å². The summed E-state index contributed by atoms with van der Waals surface area (Å²) in [4.78, 5) is 62.0. The molecule has 3 rings (SSSR count). The van der Waals surface area contributed by atoms with Gasteiger partial charge < -0.3 is 35.3 Å². The number of carbonyl (C=O) groups excluding carboxylic acids is 4. The standard InChI is InChI=1S/C37H45N3O9/c41-33(47-25-28-14-4-1-5-15-28)24-31(20-10-12-22-38-36(45)48-26-29-16-6-2-7-17-29)34(42)40-32(35(43)44)21-11-13-23-39-37(46)49-27-30-18-8-3-9-19-30/h1-9,14-19,31-32H,10-13,20-27H2,(H,38,45)(H,39,46)(H,40,42)(H,43,44)/t31-,32+/m1/s1. The zero-order valence-corrected chi connectivity index (χ0v) is 27.5. The van der Waals surface area contributed by atoms with Crippen molar-refractivity contribution in [2.75, 3.05) is 13.1 Å². The topological polar surface area (TPSA) is 169 Å². The summed E-state index contributed by atoms with van der Waals surface area (Å²) in [5, 5.41) is 17.7. The van der Waals surface area contributed by atoms with Crippen LogP contribution in [0.15, 0.2) is 91.0 Å². The number of esters is 1. The van der Waals surface area contributed by atoms with Gasteiger partial charge in [0.2, 0.25) is 5.91 Å². The van der Waals surface area contributed by atoms with E-state index < -0.39 is 42.0 Å². The molecule has 0 heterocycles. The summed E-state index contributed by atoms with van der Waals surface area (Å²) in [7, 11) is 0. The molecule has 0 aliphatic rings. The lowest BCUT2D eigenvalue weighted by Gasteiger charge is -2.20. The number of amides is 3. The second-order valence-electron chi connectivity index (χ2n) is 11.4. The molecular formula is C37H45N3O9. The highest BCUT2D eigenvalue weighted by Gasteiger charge is 2.27. The molecule has 12 heteroatoms. The predicted molar refractivity (Wildman–Crippen MR) is 181 cm³/mol. The summed E-state index contributed by atoms with van der Waals surface area (Å²) >= 11 is 0. The van der Waals surface area contributed by atoms with Crippen molar-refractivity contribution >= 4 is 30.0 Å². The second-order valence-corrected chi connectivity index (χ2v) is 11.4. The van der Waals surface area contributed by atoms with Crippen LogP contribution in [0.4, 0.5) is 9.59 Å². The summed E-state index contributed by atoms with van der Waals surface area (Å²) in [5.74, 6) is -3.19. The van der Waals surface area contributed by atoms with Gasteiger partial charge in [-0.3, -0.25) is 9.59 Å². The van der Waals surface area contributed by atoms with Gasteiger partial charge in [0.15, 0.2) is 0 Å². The average molecular weight is 676 g/mol. The van der Waals surface area contributed by atoms with Crippen molar-refractivity contribution in [3.63, 3.8) is 0 Å². The Morgan fingerprint density at radius 1 is 0.571 bits per heavy atom. The predicted octanol–water partition coefficient (Wildman–Crippen LogP) is 5.50. The van der Waals surface area contributed by atoms with Crippen LogP contribution in [0.3, 0.4) is 0 Å². The van der Waals surface area contributed by atoms with Gasteiger partial charge >= 0.3 is 24.1 Å². The molecule has 0 aromatic heterocycles. The van der Waals surface area contributed by atoms with Crippen molar-refractivity contribution in [3.8, 4) is 0 Å². The quantitative estimate of drug-likeness (QED) is 0.0647. The third-order valence-electron chi connectivity index (χ3n) is 7.50. The SMILES string of the molecule is O=C(C[C@@H](CCCCNC(=O)OCc1ccccc1)C(=O)N[C@@H](CCCCNC(=O)OCc1ccccc1)C(=O)O)OCc1ccccc1. The highest BCUT2D eigenvalue weighted by molar-refractivity contribution is 5.87. The molecule has 262 valence electrons. The highest BCUT2D eigenvalue weighted by atomic mass is 16.6. The Morgan fingerprint density at radius 3 is 1.45 bits per heavy atom. The molecule has 3 amide bonds. The van der Waals surface area contributed by atoms with E-state index >= 15 is 0 Å². The van der Waals surface area contributed by atoms with E-state index in [1.807, 2.05) is 91.0 Å². The van der Waals surface area contributed by atoms with E-state index in [1.165, 1.54) is 0 Å². The van der Waals surface area contributed by atoms with Crippen molar-refractivity contribution in [2.45, 2.75) is 70.8 Å². The van der Waals surface area contributed by atoms with Gasteiger partial charge in [-0.2, -0.15) is 0 Å². The van der Waals surface area contributed by atoms with Gasteiger partial charge in [-0.15, -0.1) is 0 Å². The Bertz CT molecular complexity index is 1440. The highest BCUT2D eigenvalue weighted by Crippen LogP contribution is 2.16. The zero-order valence-electron chi connectivity index (χ0n) is 27.5. The van der Waals surface area contributed by atoms with Crippen LogP contribution in [0.1, 0.15) is 61.6 Å². The fourth-order valence-electron chi connectivity index (χ4n) is 4.79. The van der Waals surface area contributed by atoms with Crippen molar-refractivity contribution in [3.05, 3.63) is 108 Å². The van der Waals surface area contributed by atoms with Crippen LogP contribution >= 0.6 is 0 Å². The number of benzene rings is 3. The first kappa shape index (κ1) is 38.1. The molecule has 0 unspecified atom stereocenters. The number of ether oxygens (including phenoxy) is 3. The molecule has 0 radical (unpaired) electrons. The number of carbonyl (C=O) groups is 5. The van der Waals surface area contributed by atoms with E-state index in [0.717, 1.165) is 16.7 Å². The number of nitrogens with one attached hydrogen (secondary N) is 3. The largest absolute Gasteiger partial charge is 0.480 e. The van der Waals surface area contributed by atoms with Gasteiger partial charge in [0.25, 0.3) is 0 Å². The van der Waals surface area contributed by atoms with Crippen LogP contribution in [-0.4, -0.2) is 54.3 Å². The van der Waals surface area contributed by atoms with E-state index in [4.69, 9.17) is 14.2 Å². The van der Waals surface area contributed by atoms with E-state index in [0.29, 0.717) is 32.2 Å². The van der Waals surface area contributed by atoms with Gasteiger partial charge in [0.05, 0.1) is 6.42 Å². The minimum absolute atomic E-state index is 0.0502. The Balaban J connectivity index is 1.43. The van der Waals surface area contributed by atoms with E-state index in [2.05, 4.69) is 16.0 Å². The van der Waals surface area contributed by atoms with Gasteiger partial charge in [-0.25, -0.2) is 14.4 Å². The Kier molecular flexibility index (Phi) is 17.3. The number of alkyl carbamates (subject to hydrolysis) is 2. The summed E-state index contributed by atoms with van der Waals surface area (Å²) in [5.41, 5.74) is 2.52. The summed E-state index contributed by atoms with van der Waals surface area (Å²) in [6.45, 7) is 0.902. The van der Waals surface area contributed by atoms with Gasteiger partial charge in [-0.1, -0.05) is 97.4 Å². The van der Waals surface area contributed by atoms with Crippen molar-refractivity contribution in [2.24, 2.45) is 5.92 Å². The zero-order chi connectivity index (χ0) is 35.1. The molecule has 0 saturated heterocycles. The molecule has 0 aliphatic heterocycles. The number of rotatable bonds is 21. The van der Waals surface area contributed by atoms with Crippen LogP contribution in [0.25, 0.3) is 0 Å². The molecule has 0 spiro atoms. The summed E-state index contributed by atoms with van der Waals surface area (Å²) in [6.07, 6.45) is 0.893. The first-order valence-corrected chi connectivity index (χ1v) is 16.4. The summed E-state index contributed by atoms with van der Waals surface area (Å²) in [6, 6.07) is 26.5. The van der Waals surface area contributed by atoms with Crippen molar-refractivity contribution in [1.29, 1.82) is 0 Å². The third-order valence-corrected chi connectivity index (χ3v) is 7.50. The molecular weight excluding hydrogens is 630 g/mol. The van der Waals surface area contributed by atoms with E-state index in [1.54, 1.807) is 0 Å². The molecule has 49 heavy (non-hydrogen) atoms. The van der Waals surface area contributed by atoms with Gasteiger partial charge in [-0.05, 0) is 48.8 Å². The Labute approximate surface area is 286 Å². The lowest BCUT2D eigenvalue weighted by molar-refractivity contribution is -0.148. The average Bonchev–Trinajstić information content (AvgIpc) is 3.12. The maximum Gasteiger partial charge on any atom is 0.407 e. The van der Waals surface area contributed by atoms with E-state index in [-0.39, 0.29) is 45.6 Å². The third kappa shape index (κ3) is 16.3. The lowest BCUT2D eigenvalue weighted by Crippen LogP contribution is -2.44. The molecule has 0 saturated carbocycles. The fourth-order valence-corrected chi connectivity index (χ4v) is 4.79. The molecule has 3 aromatic carbocycles. The number of carboxylic acid groups (broad SMARTS) is 1. The lowest BCUT2D eigenvalue weighted by atomic mass is 9.96.